The van der Waals surface area contributed by atoms with Crippen molar-refractivity contribution in [3.05, 3.63) is 88.6 Å². The van der Waals surface area contributed by atoms with Crippen LogP contribution in [0.15, 0.2) is 75.8 Å². The van der Waals surface area contributed by atoms with E-state index in [1.54, 1.807) is 38.1 Å². The van der Waals surface area contributed by atoms with Gasteiger partial charge in [0.05, 0.1) is 18.1 Å². The molecular formula is C25H21FN4O5. The zero-order chi connectivity index (χ0) is 24.9. The Morgan fingerprint density at radius 3 is 2.57 bits per heavy atom. The van der Waals surface area contributed by atoms with Crippen LogP contribution in [0.5, 0.6) is 5.75 Å². The normalized spacial score (nSPS) is 15.4. The van der Waals surface area contributed by atoms with Crippen molar-refractivity contribution >= 4 is 5.97 Å². The van der Waals surface area contributed by atoms with Crippen LogP contribution in [0.4, 0.5) is 4.39 Å². The highest BCUT2D eigenvalue weighted by Crippen LogP contribution is 2.40. The molecule has 9 nitrogen and oxygen atoms in total. The highest BCUT2D eigenvalue weighted by atomic mass is 19.1. The number of esters is 1. The number of nitrogens with zero attached hydrogens (tertiary/aromatic N) is 3. The van der Waals surface area contributed by atoms with Crippen LogP contribution >= 0.6 is 0 Å². The number of hydrogen-bond acceptors (Lipinski definition) is 9. The quantitative estimate of drug-likeness (QED) is 0.500. The Balaban J connectivity index is 1.55. The van der Waals surface area contributed by atoms with E-state index in [0.29, 0.717) is 22.7 Å². The third kappa shape index (κ3) is 4.99. The fraction of sp³-hybridized carbons (Fsp3) is 0.200. The summed E-state index contributed by atoms with van der Waals surface area (Å²) in [6.07, 6.45) is 0. The molecule has 0 aliphatic carbocycles. The average Bonchev–Trinajstić information content (AvgIpc) is 3.32. The van der Waals surface area contributed by atoms with E-state index >= 15 is 0 Å². The summed E-state index contributed by atoms with van der Waals surface area (Å²) in [6.45, 7) is 3.48. The van der Waals surface area contributed by atoms with Crippen LogP contribution in [0.2, 0.25) is 0 Å². The predicted molar refractivity (Wildman–Crippen MR) is 120 cm³/mol. The Kier molecular flexibility index (Phi) is 6.78. The van der Waals surface area contributed by atoms with Crippen molar-refractivity contribution < 1.29 is 27.9 Å². The summed E-state index contributed by atoms with van der Waals surface area (Å²) >= 11 is 0. The lowest BCUT2D eigenvalue weighted by Gasteiger charge is -2.26. The van der Waals surface area contributed by atoms with Gasteiger partial charge in [0.2, 0.25) is 11.7 Å². The van der Waals surface area contributed by atoms with E-state index in [9.17, 15) is 14.4 Å². The first kappa shape index (κ1) is 23.5. The van der Waals surface area contributed by atoms with Crippen molar-refractivity contribution in [2.24, 2.45) is 5.73 Å². The van der Waals surface area contributed by atoms with Crippen LogP contribution in [0.1, 0.15) is 31.2 Å². The first-order chi connectivity index (χ1) is 16.9. The molecule has 0 bridgehead atoms. The van der Waals surface area contributed by atoms with Crippen molar-refractivity contribution in [1.82, 2.24) is 10.1 Å². The molecule has 3 aromatic rings. The van der Waals surface area contributed by atoms with E-state index in [1.807, 2.05) is 6.07 Å². The lowest BCUT2D eigenvalue weighted by molar-refractivity contribution is -0.139. The molecule has 2 aromatic carbocycles. The van der Waals surface area contributed by atoms with Gasteiger partial charge >= 0.3 is 5.97 Å². The maximum absolute atomic E-state index is 13.0. The number of carbonyl (C=O) groups excluding carboxylic acids is 1. The Hall–Kier alpha value is -4.65. The van der Waals surface area contributed by atoms with Crippen LogP contribution in [0, 0.1) is 17.1 Å². The molecule has 0 radical (unpaired) electrons. The minimum atomic E-state index is -0.744. The van der Waals surface area contributed by atoms with Gasteiger partial charge in [-0.25, -0.2) is 9.18 Å². The summed E-state index contributed by atoms with van der Waals surface area (Å²) in [5, 5.41) is 13.7. The molecule has 1 aromatic heterocycles. The Morgan fingerprint density at radius 1 is 1.20 bits per heavy atom. The van der Waals surface area contributed by atoms with Gasteiger partial charge < -0.3 is 24.5 Å². The SMILES string of the molecule is CCOC(=O)C1=C(C)OC(N)=C(C#N)C1c1ccc(-c2noc(COc3ccc(F)cc3)n2)cc1. The maximum atomic E-state index is 13.0. The fourth-order valence-electron chi connectivity index (χ4n) is 3.62. The number of benzene rings is 2. The minimum Gasteiger partial charge on any atom is -0.484 e. The Morgan fingerprint density at radius 2 is 1.91 bits per heavy atom. The van der Waals surface area contributed by atoms with Crippen LogP contribution < -0.4 is 10.5 Å². The summed E-state index contributed by atoms with van der Waals surface area (Å²) < 4.78 is 34.4. The number of halogens is 1. The topological polar surface area (TPSA) is 133 Å². The van der Waals surface area contributed by atoms with E-state index < -0.39 is 11.9 Å². The number of nitriles is 1. The molecule has 1 aliphatic heterocycles. The number of aromatic nitrogens is 2. The van der Waals surface area contributed by atoms with Gasteiger partial charge in [-0.1, -0.05) is 29.4 Å². The van der Waals surface area contributed by atoms with Crippen LogP contribution in [-0.4, -0.2) is 22.7 Å². The van der Waals surface area contributed by atoms with E-state index in [2.05, 4.69) is 10.1 Å². The van der Waals surface area contributed by atoms with E-state index in [-0.39, 0.29) is 47.7 Å². The monoisotopic (exact) mass is 476 g/mol. The number of hydrogen-bond donors (Lipinski definition) is 1. The van der Waals surface area contributed by atoms with Crippen LogP contribution in [0.25, 0.3) is 11.4 Å². The van der Waals surface area contributed by atoms with Crippen LogP contribution in [-0.2, 0) is 20.9 Å². The van der Waals surface area contributed by atoms with Gasteiger partial charge in [-0.15, -0.1) is 0 Å². The second-order valence-corrected chi connectivity index (χ2v) is 7.49. The minimum absolute atomic E-state index is 0.0152. The van der Waals surface area contributed by atoms with Gasteiger partial charge in [0.25, 0.3) is 5.89 Å². The Bertz CT molecular complexity index is 1340. The maximum Gasteiger partial charge on any atom is 0.338 e. The van der Waals surface area contributed by atoms with Crippen molar-refractivity contribution in [1.29, 1.82) is 5.26 Å². The molecule has 178 valence electrons. The van der Waals surface area contributed by atoms with Gasteiger partial charge in [0.15, 0.2) is 6.61 Å². The molecule has 1 atom stereocenters. The average molecular weight is 476 g/mol. The summed E-state index contributed by atoms with van der Waals surface area (Å²) in [4.78, 5) is 17.0. The molecule has 2 heterocycles. The second-order valence-electron chi connectivity index (χ2n) is 7.49. The smallest absolute Gasteiger partial charge is 0.338 e. The first-order valence-corrected chi connectivity index (χ1v) is 10.7. The zero-order valence-electron chi connectivity index (χ0n) is 18.9. The number of ether oxygens (including phenoxy) is 3. The van der Waals surface area contributed by atoms with Gasteiger partial charge in [-0.2, -0.15) is 10.2 Å². The molecule has 1 unspecified atom stereocenters. The fourth-order valence-corrected chi connectivity index (χ4v) is 3.62. The molecular weight excluding hydrogens is 455 g/mol. The highest BCUT2D eigenvalue weighted by Gasteiger charge is 2.36. The molecule has 1 aliphatic rings. The van der Waals surface area contributed by atoms with Gasteiger partial charge in [0, 0.05) is 5.56 Å². The van der Waals surface area contributed by atoms with E-state index in [4.69, 9.17) is 24.5 Å². The first-order valence-electron chi connectivity index (χ1n) is 10.7. The summed E-state index contributed by atoms with van der Waals surface area (Å²) in [5.74, 6) is -0.434. The van der Waals surface area contributed by atoms with Gasteiger partial charge in [-0.3, -0.25) is 0 Å². The molecule has 0 saturated heterocycles. The summed E-state index contributed by atoms with van der Waals surface area (Å²) in [7, 11) is 0. The zero-order valence-corrected chi connectivity index (χ0v) is 18.9. The summed E-state index contributed by atoms with van der Waals surface area (Å²) in [5.41, 5.74) is 7.55. The number of carbonyl (C=O) groups is 1. The number of rotatable bonds is 7. The standard InChI is InChI=1S/C25H21FN4O5/c1-3-32-25(31)21-14(2)34-23(28)19(12-27)22(21)15-4-6-16(7-5-15)24-29-20(35-30-24)13-33-18-10-8-17(26)9-11-18/h4-11,22H,3,13,28H2,1-2H3. The third-order valence-corrected chi connectivity index (χ3v) is 5.25. The van der Waals surface area contributed by atoms with Crippen molar-refractivity contribution in [2.45, 2.75) is 26.4 Å². The number of allylic oxidation sites excluding steroid dienone is 2. The lowest BCUT2D eigenvalue weighted by Crippen LogP contribution is -2.25. The Labute approximate surface area is 200 Å². The number of nitrogens with two attached hydrogens (primary N) is 1. The molecule has 4 rings (SSSR count). The second kappa shape index (κ2) is 10.1. The predicted octanol–water partition coefficient (Wildman–Crippen LogP) is 4.10. The molecule has 2 N–H and O–H groups in total. The molecule has 0 spiro atoms. The lowest BCUT2D eigenvalue weighted by atomic mass is 9.83. The molecule has 10 heteroatoms. The third-order valence-electron chi connectivity index (χ3n) is 5.25. The summed E-state index contributed by atoms with van der Waals surface area (Å²) in [6, 6.07) is 14.6. The van der Waals surface area contributed by atoms with Crippen molar-refractivity contribution in [2.75, 3.05) is 6.61 Å². The van der Waals surface area contributed by atoms with Gasteiger partial charge in [-0.05, 0) is 43.7 Å². The highest BCUT2D eigenvalue weighted by molar-refractivity contribution is 5.92. The molecule has 35 heavy (non-hydrogen) atoms. The van der Waals surface area contributed by atoms with E-state index in [1.165, 1.54) is 24.3 Å². The molecule has 0 fully saturated rings. The van der Waals surface area contributed by atoms with E-state index in [0.717, 1.165) is 0 Å². The van der Waals surface area contributed by atoms with Gasteiger partial charge in [0.1, 0.15) is 29.0 Å². The van der Waals surface area contributed by atoms with Crippen molar-refractivity contribution in [3.8, 4) is 23.2 Å². The molecule has 0 amide bonds. The van der Waals surface area contributed by atoms with Crippen molar-refractivity contribution in [3.63, 3.8) is 0 Å². The largest absolute Gasteiger partial charge is 0.484 e. The molecule has 0 saturated carbocycles. The van der Waals surface area contributed by atoms with Crippen LogP contribution in [0.3, 0.4) is 0 Å².